The molecule has 0 aliphatic heterocycles. The number of aryl methyl sites for hydroxylation is 1. The summed E-state index contributed by atoms with van der Waals surface area (Å²) in [5.41, 5.74) is 3.03. The molecular weight excluding hydrogens is 302 g/mol. The number of rotatable bonds is 7. The van der Waals surface area contributed by atoms with Crippen molar-refractivity contribution in [3.8, 4) is 5.75 Å². The molecule has 0 aliphatic carbocycles. The predicted molar refractivity (Wildman–Crippen MR) is 94.1 cm³/mol. The van der Waals surface area contributed by atoms with Gasteiger partial charge in [-0.1, -0.05) is 30.3 Å². The normalized spacial score (nSPS) is 10.7. The molecule has 1 amide bonds. The summed E-state index contributed by atoms with van der Waals surface area (Å²) in [6.45, 7) is 0.574. The molecule has 0 atom stereocenters. The van der Waals surface area contributed by atoms with Crippen LogP contribution < -0.4 is 10.1 Å². The number of carbonyl (C=O) groups excluding carboxylic acids is 1. The lowest BCUT2D eigenvalue weighted by atomic mass is 10.1. The van der Waals surface area contributed by atoms with Crippen LogP contribution in [0.4, 0.5) is 0 Å². The number of benzene rings is 2. The molecule has 0 spiro atoms. The lowest BCUT2D eigenvalue weighted by Crippen LogP contribution is -2.26. The van der Waals surface area contributed by atoms with Gasteiger partial charge in [-0.15, -0.1) is 0 Å². The Balaban J connectivity index is 1.46. The van der Waals surface area contributed by atoms with Crippen LogP contribution in [0.5, 0.6) is 5.75 Å². The van der Waals surface area contributed by atoms with Crippen molar-refractivity contribution in [3.05, 3.63) is 59.9 Å². The summed E-state index contributed by atoms with van der Waals surface area (Å²) in [7, 11) is 1.64. The van der Waals surface area contributed by atoms with Crippen molar-refractivity contribution in [1.29, 1.82) is 0 Å². The molecule has 2 aromatic carbocycles. The van der Waals surface area contributed by atoms with E-state index in [4.69, 9.17) is 4.74 Å². The first-order valence-electron chi connectivity index (χ1n) is 8.08. The van der Waals surface area contributed by atoms with Gasteiger partial charge in [0.15, 0.2) is 0 Å². The Labute approximate surface area is 141 Å². The van der Waals surface area contributed by atoms with Gasteiger partial charge in [-0.25, -0.2) is 4.98 Å². The number of hydrogen-bond acceptors (Lipinski definition) is 3. The maximum atomic E-state index is 11.9. The largest absolute Gasteiger partial charge is 0.497 e. The lowest BCUT2D eigenvalue weighted by Gasteiger charge is -2.04. The lowest BCUT2D eigenvalue weighted by molar-refractivity contribution is -0.121. The standard InChI is InChI=1S/C19H21N3O2/c1-24-15-8-9-16-17(13-15)22-18(21-16)11-12-20-19(23)10-7-14-5-3-2-4-6-14/h2-6,8-9,13H,7,10-12H2,1H3,(H,20,23)(H,21,22). The SMILES string of the molecule is COc1ccc2nc(CCNC(=O)CCc3ccccc3)[nH]c2c1. The first kappa shape index (κ1) is 16.1. The molecule has 0 bridgehead atoms. The molecule has 0 radical (unpaired) electrons. The Bertz CT molecular complexity index is 812. The number of carbonyl (C=O) groups is 1. The van der Waals surface area contributed by atoms with Gasteiger partial charge in [0.05, 0.1) is 18.1 Å². The first-order valence-corrected chi connectivity index (χ1v) is 8.08. The molecule has 24 heavy (non-hydrogen) atoms. The highest BCUT2D eigenvalue weighted by Crippen LogP contribution is 2.18. The van der Waals surface area contributed by atoms with E-state index in [1.165, 1.54) is 5.56 Å². The van der Waals surface area contributed by atoms with Gasteiger partial charge in [0, 0.05) is 25.5 Å². The molecule has 0 unspecified atom stereocenters. The molecule has 3 rings (SSSR count). The maximum absolute atomic E-state index is 11.9. The van der Waals surface area contributed by atoms with E-state index in [9.17, 15) is 4.79 Å². The second kappa shape index (κ2) is 7.64. The average Bonchev–Trinajstić information content (AvgIpc) is 3.02. The van der Waals surface area contributed by atoms with Crippen LogP contribution in [0.2, 0.25) is 0 Å². The number of ether oxygens (including phenoxy) is 1. The van der Waals surface area contributed by atoms with Gasteiger partial charge in [-0.3, -0.25) is 4.79 Å². The molecule has 124 valence electrons. The summed E-state index contributed by atoms with van der Waals surface area (Å²) in [6, 6.07) is 15.8. The molecule has 3 aromatic rings. The van der Waals surface area contributed by atoms with Crippen LogP contribution >= 0.6 is 0 Å². The highest BCUT2D eigenvalue weighted by molar-refractivity contribution is 5.77. The van der Waals surface area contributed by atoms with E-state index in [0.717, 1.165) is 29.0 Å². The Morgan fingerprint density at radius 1 is 1.17 bits per heavy atom. The highest BCUT2D eigenvalue weighted by atomic mass is 16.5. The summed E-state index contributed by atoms with van der Waals surface area (Å²) >= 11 is 0. The van der Waals surface area contributed by atoms with E-state index in [1.54, 1.807) is 7.11 Å². The number of amides is 1. The third kappa shape index (κ3) is 4.13. The van der Waals surface area contributed by atoms with Crippen LogP contribution in [-0.2, 0) is 17.6 Å². The molecule has 5 heteroatoms. The van der Waals surface area contributed by atoms with Crippen LogP contribution in [0.1, 0.15) is 17.8 Å². The van der Waals surface area contributed by atoms with Crippen molar-refractivity contribution in [2.24, 2.45) is 0 Å². The van der Waals surface area contributed by atoms with Gasteiger partial charge in [-0.05, 0) is 24.1 Å². The van der Waals surface area contributed by atoms with Crippen molar-refractivity contribution < 1.29 is 9.53 Å². The zero-order valence-corrected chi connectivity index (χ0v) is 13.7. The van der Waals surface area contributed by atoms with Gasteiger partial charge in [0.1, 0.15) is 11.6 Å². The third-order valence-corrected chi connectivity index (χ3v) is 3.91. The Kier molecular flexibility index (Phi) is 5.11. The second-order valence-electron chi connectivity index (χ2n) is 5.65. The number of methoxy groups -OCH3 is 1. The zero-order chi connectivity index (χ0) is 16.8. The van der Waals surface area contributed by atoms with E-state index in [1.807, 2.05) is 48.5 Å². The van der Waals surface area contributed by atoms with Crippen molar-refractivity contribution >= 4 is 16.9 Å². The topological polar surface area (TPSA) is 67.0 Å². The summed E-state index contributed by atoms with van der Waals surface area (Å²) in [5.74, 6) is 1.73. The van der Waals surface area contributed by atoms with Crippen LogP contribution in [0.25, 0.3) is 11.0 Å². The molecule has 0 aliphatic rings. The van der Waals surface area contributed by atoms with Crippen LogP contribution in [-0.4, -0.2) is 29.5 Å². The van der Waals surface area contributed by atoms with Gasteiger partial charge < -0.3 is 15.0 Å². The second-order valence-corrected chi connectivity index (χ2v) is 5.65. The quantitative estimate of drug-likeness (QED) is 0.702. The molecule has 1 heterocycles. The van der Waals surface area contributed by atoms with E-state index < -0.39 is 0 Å². The Hall–Kier alpha value is -2.82. The van der Waals surface area contributed by atoms with Crippen LogP contribution in [0.3, 0.4) is 0 Å². The maximum Gasteiger partial charge on any atom is 0.220 e. The number of fused-ring (bicyclic) bond motifs is 1. The number of H-pyrrole nitrogens is 1. The Morgan fingerprint density at radius 2 is 2.00 bits per heavy atom. The van der Waals surface area contributed by atoms with E-state index >= 15 is 0 Å². The summed E-state index contributed by atoms with van der Waals surface area (Å²) in [6.07, 6.45) is 1.94. The highest BCUT2D eigenvalue weighted by Gasteiger charge is 2.06. The van der Waals surface area contributed by atoms with Gasteiger partial charge >= 0.3 is 0 Å². The number of imidazole rings is 1. The molecule has 0 fully saturated rings. The smallest absolute Gasteiger partial charge is 0.220 e. The van der Waals surface area contributed by atoms with Gasteiger partial charge in [0.25, 0.3) is 0 Å². The van der Waals surface area contributed by atoms with E-state index in [2.05, 4.69) is 15.3 Å². The number of hydrogen-bond donors (Lipinski definition) is 2. The zero-order valence-electron chi connectivity index (χ0n) is 13.7. The molecular formula is C19H21N3O2. The minimum absolute atomic E-state index is 0.0663. The van der Waals surface area contributed by atoms with Crippen molar-refractivity contribution in [1.82, 2.24) is 15.3 Å². The van der Waals surface area contributed by atoms with Gasteiger partial charge in [-0.2, -0.15) is 0 Å². The number of nitrogens with one attached hydrogen (secondary N) is 2. The fourth-order valence-corrected chi connectivity index (χ4v) is 2.60. The molecule has 1 aromatic heterocycles. The van der Waals surface area contributed by atoms with Crippen LogP contribution in [0.15, 0.2) is 48.5 Å². The molecule has 5 nitrogen and oxygen atoms in total. The van der Waals surface area contributed by atoms with E-state index in [-0.39, 0.29) is 5.91 Å². The predicted octanol–water partition coefficient (Wildman–Crippen LogP) is 2.86. The monoisotopic (exact) mass is 323 g/mol. The third-order valence-electron chi connectivity index (χ3n) is 3.91. The van der Waals surface area contributed by atoms with Gasteiger partial charge in [0.2, 0.25) is 5.91 Å². The van der Waals surface area contributed by atoms with E-state index in [0.29, 0.717) is 19.4 Å². The summed E-state index contributed by atoms with van der Waals surface area (Å²) in [5, 5.41) is 2.94. The van der Waals surface area contributed by atoms with Crippen molar-refractivity contribution in [2.75, 3.05) is 13.7 Å². The molecule has 2 N–H and O–H groups in total. The summed E-state index contributed by atoms with van der Waals surface area (Å²) in [4.78, 5) is 19.7. The molecule has 0 saturated heterocycles. The van der Waals surface area contributed by atoms with Crippen molar-refractivity contribution in [3.63, 3.8) is 0 Å². The van der Waals surface area contributed by atoms with Crippen LogP contribution in [0, 0.1) is 0 Å². The number of nitrogens with zero attached hydrogens (tertiary/aromatic N) is 1. The molecule has 0 saturated carbocycles. The number of aromatic amines is 1. The number of aromatic nitrogens is 2. The first-order chi connectivity index (χ1) is 11.7. The Morgan fingerprint density at radius 3 is 2.79 bits per heavy atom. The van der Waals surface area contributed by atoms with Crippen molar-refractivity contribution in [2.45, 2.75) is 19.3 Å². The minimum Gasteiger partial charge on any atom is -0.497 e. The fourth-order valence-electron chi connectivity index (χ4n) is 2.60. The fraction of sp³-hybridized carbons (Fsp3) is 0.263. The average molecular weight is 323 g/mol. The summed E-state index contributed by atoms with van der Waals surface area (Å²) < 4.78 is 5.20. The minimum atomic E-state index is 0.0663.